The molecule has 0 unspecified atom stereocenters. The number of carbonyl (C=O) groups excluding carboxylic acids is 1. The first-order valence-corrected chi connectivity index (χ1v) is 6.10. The van der Waals surface area contributed by atoms with Gasteiger partial charge in [0.1, 0.15) is 5.76 Å². The van der Waals surface area contributed by atoms with E-state index in [9.17, 15) is 4.79 Å². The van der Waals surface area contributed by atoms with Crippen LogP contribution in [0.15, 0.2) is 22.8 Å². The Labute approximate surface area is 102 Å². The summed E-state index contributed by atoms with van der Waals surface area (Å²) in [4.78, 5) is 14.2. The molecule has 0 bridgehead atoms. The number of carbonyl (C=O) groups is 1. The second-order valence-electron chi connectivity index (χ2n) is 5.05. The fourth-order valence-electron chi connectivity index (χ4n) is 2.36. The highest BCUT2D eigenvalue weighted by Gasteiger charge is 2.36. The van der Waals surface area contributed by atoms with E-state index in [2.05, 4.69) is 12.2 Å². The SMILES string of the molecule is CN(Cc1ccco1)C(=O)C1(C)CCNCC1. The smallest absolute Gasteiger partial charge is 0.228 e. The molecule has 1 aromatic heterocycles. The molecule has 4 nitrogen and oxygen atoms in total. The molecular weight excluding hydrogens is 216 g/mol. The van der Waals surface area contributed by atoms with Gasteiger partial charge in [-0.05, 0) is 38.1 Å². The predicted molar refractivity (Wildman–Crippen MR) is 65.4 cm³/mol. The third kappa shape index (κ3) is 2.69. The van der Waals surface area contributed by atoms with Gasteiger partial charge in [-0.2, -0.15) is 0 Å². The molecule has 0 saturated carbocycles. The largest absolute Gasteiger partial charge is 0.467 e. The first-order valence-electron chi connectivity index (χ1n) is 6.10. The van der Waals surface area contributed by atoms with Gasteiger partial charge in [-0.1, -0.05) is 6.92 Å². The Morgan fingerprint density at radius 1 is 1.53 bits per heavy atom. The van der Waals surface area contributed by atoms with Crippen LogP contribution >= 0.6 is 0 Å². The Balaban J connectivity index is 1.98. The van der Waals surface area contributed by atoms with Crippen LogP contribution in [0.4, 0.5) is 0 Å². The van der Waals surface area contributed by atoms with Crippen molar-refractivity contribution >= 4 is 5.91 Å². The number of furan rings is 1. The van der Waals surface area contributed by atoms with Gasteiger partial charge in [-0.25, -0.2) is 0 Å². The molecule has 0 radical (unpaired) electrons. The number of piperidine rings is 1. The van der Waals surface area contributed by atoms with Crippen molar-refractivity contribution in [2.24, 2.45) is 5.41 Å². The average Bonchev–Trinajstić information content (AvgIpc) is 2.81. The molecule has 1 aromatic rings. The second kappa shape index (κ2) is 4.92. The maximum atomic E-state index is 12.4. The Hall–Kier alpha value is -1.29. The highest BCUT2D eigenvalue weighted by Crippen LogP contribution is 2.30. The third-order valence-corrected chi connectivity index (χ3v) is 3.54. The van der Waals surface area contributed by atoms with Gasteiger partial charge in [0.2, 0.25) is 5.91 Å². The van der Waals surface area contributed by atoms with Crippen molar-refractivity contribution in [3.05, 3.63) is 24.2 Å². The maximum absolute atomic E-state index is 12.4. The molecule has 0 atom stereocenters. The van der Waals surface area contributed by atoms with Crippen molar-refractivity contribution < 1.29 is 9.21 Å². The lowest BCUT2D eigenvalue weighted by atomic mass is 9.80. The summed E-state index contributed by atoms with van der Waals surface area (Å²) in [6.07, 6.45) is 3.46. The van der Waals surface area contributed by atoms with Crippen LogP contribution in [-0.4, -0.2) is 30.9 Å². The van der Waals surface area contributed by atoms with E-state index in [1.165, 1.54) is 0 Å². The molecule has 1 aliphatic heterocycles. The Morgan fingerprint density at radius 3 is 2.82 bits per heavy atom. The molecule has 94 valence electrons. The fraction of sp³-hybridized carbons (Fsp3) is 0.615. The molecule has 4 heteroatoms. The number of nitrogens with one attached hydrogen (secondary N) is 1. The van der Waals surface area contributed by atoms with Gasteiger partial charge in [-0.3, -0.25) is 4.79 Å². The molecular formula is C13H20N2O2. The van der Waals surface area contributed by atoms with Gasteiger partial charge in [0.15, 0.2) is 0 Å². The van der Waals surface area contributed by atoms with Crippen LogP contribution in [0.25, 0.3) is 0 Å². The number of rotatable bonds is 3. The van der Waals surface area contributed by atoms with Crippen molar-refractivity contribution in [3.8, 4) is 0 Å². The van der Waals surface area contributed by atoms with Crippen LogP contribution in [0.1, 0.15) is 25.5 Å². The van der Waals surface area contributed by atoms with Crippen molar-refractivity contribution in [2.75, 3.05) is 20.1 Å². The number of hydrogen-bond donors (Lipinski definition) is 1. The zero-order valence-corrected chi connectivity index (χ0v) is 10.5. The predicted octanol–water partition coefficient (Wildman–Crippen LogP) is 1.63. The monoisotopic (exact) mass is 236 g/mol. The van der Waals surface area contributed by atoms with Crippen LogP contribution in [0.3, 0.4) is 0 Å². The minimum Gasteiger partial charge on any atom is -0.467 e. The van der Waals surface area contributed by atoms with Crippen LogP contribution in [0, 0.1) is 5.41 Å². The molecule has 17 heavy (non-hydrogen) atoms. The fourth-order valence-corrected chi connectivity index (χ4v) is 2.36. The lowest BCUT2D eigenvalue weighted by Gasteiger charge is -2.35. The summed E-state index contributed by atoms with van der Waals surface area (Å²) in [6, 6.07) is 3.74. The van der Waals surface area contributed by atoms with Gasteiger partial charge in [0.25, 0.3) is 0 Å². The van der Waals surface area contributed by atoms with Crippen molar-refractivity contribution in [1.29, 1.82) is 0 Å². The summed E-state index contributed by atoms with van der Waals surface area (Å²) < 4.78 is 5.27. The number of amides is 1. The summed E-state index contributed by atoms with van der Waals surface area (Å²) in [7, 11) is 1.85. The van der Waals surface area contributed by atoms with Gasteiger partial charge >= 0.3 is 0 Å². The van der Waals surface area contributed by atoms with Gasteiger partial charge < -0.3 is 14.6 Å². The molecule has 1 amide bonds. The lowest BCUT2D eigenvalue weighted by molar-refractivity contribution is -0.142. The summed E-state index contributed by atoms with van der Waals surface area (Å²) in [5.74, 6) is 1.05. The minimum absolute atomic E-state index is 0.216. The van der Waals surface area contributed by atoms with E-state index in [0.717, 1.165) is 31.7 Å². The molecule has 0 aliphatic carbocycles. The van der Waals surface area contributed by atoms with E-state index >= 15 is 0 Å². The molecule has 1 N–H and O–H groups in total. The molecule has 0 spiro atoms. The lowest BCUT2D eigenvalue weighted by Crippen LogP contribution is -2.46. The zero-order chi connectivity index (χ0) is 12.3. The summed E-state index contributed by atoms with van der Waals surface area (Å²) in [5, 5.41) is 3.29. The molecule has 2 heterocycles. The Morgan fingerprint density at radius 2 is 2.24 bits per heavy atom. The Bertz CT molecular complexity index is 367. The van der Waals surface area contributed by atoms with Gasteiger partial charge in [-0.15, -0.1) is 0 Å². The van der Waals surface area contributed by atoms with E-state index in [4.69, 9.17) is 4.42 Å². The average molecular weight is 236 g/mol. The summed E-state index contributed by atoms with van der Waals surface area (Å²) >= 11 is 0. The number of hydrogen-bond acceptors (Lipinski definition) is 3. The van der Waals surface area contributed by atoms with E-state index in [1.807, 2.05) is 19.2 Å². The van der Waals surface area contributed by atoms with E-state index in [1.54, 1.807) is 11.2 Å². The third-order valence-electron chi connectivity index (χ3n) is 3.54. The molecule has 1 saturated heterocycles. The van der Waals surface area contributed by atoms with Crippen molar-refractivity contribution in [3.63, 3.8) is 0 Å². The minimum atomic E-state index is -0.216. The molecule has 0 aromatic carbocycles. The second-order valence-corrected chi connectivity index (χ2v) is 5.05. The first kappa shape index (κ1) is 12.2. The van der Waals surface area contributed by atoms with Crippen molar-refractivity contribution in [1.82, 2.24) is 10.2 Å². The first-order chi connectivity index (χ1) is 8.12. The van der Waals surface area contributed by atoms with Crippen LogP contribution in [0.5, 0.6) is 0 Å². The van der Waals surface area contributed by atoms with Crippen molar-refractivity contribution in [2.45, 2.75) is 26.3 Å². The highest BCUT2D eigenvalue weighted by atomic mass is 16.3. The van der Waals surface area contributed by atoms with E-state index < -0.39 is 0 Å². The van der Waals surface area contributed by atoms with E-state index in [0.29, 0.717) is 6.54 Å². The molecule has 1 aliphatic rings. The standard InChI is InChI=1S/C13H20N2O2/c1-13(5-7-14-8-6-13)12(16)15(2)10-11-4-3-9-17-11/h3-4,9,14H,5-8,10H2,1-2H3. The van der Waals surface area contributed by atoms with E-state index in [-0.39, 0.29) is 11.3 Å². The highest BCUT2D eigenvalue weighted by molar-refractivity contribution is 5.82. The Kier molecular flexibility index (Phi) is 3.52. The number of nitrogens with zero attached hydrogens (tertiary/aromatic N) is 1. The van der Waals surface area contributed by atoms with Crippen LogP contribution in [0.2, 0.25) is 0 Å². The topological polar surface area (TPSA) is 45.5 Å². The van der Waals surface area contributed by atoms with Gasteiger partial charge in [0, 0.05) is 12.5 Å². The molecule has 2 rings (SSSR count). The van der Waals surface area contributed by atoms with Crippen LogP contribution < -0.4 is 5.32 Å². The maximum Gasteiger partial charge on any atom is 0.228 e. The zero-order valence-electron chi connectivity index (χ0n) is 10.5. The normalized spacial score (nSPS) is 18.9. The summed E-state index contributed by atoms with van der Waals surface area (Å²) in [6.45, 7) is 4.47. The quantitative estimate of drug-likeness (QED) is 0.867. The van der Waals surface area contributed by atoms with Crippen LogP contribution in [-0.2, 0) is 11.3 Å². The summed E-state index contributed by atoms with van der Waals surface area (Å²) in [5.41, 5.74) is -0.216. The van der Waals surface area contributed by atoms with Gasteiger partial charge in [0.05, 0.1) is 12.8 Å². The molecule has 1 fully saturated rings.